The van der Waals surface area contributed by atoms with Crippen LogP contribution in [0.2, 0.25) is 0 Å². The molecule has 0 saturated carbocycles. The third kappa shape index (κ3) is 25.9. The van der Waals surface area contributed by atoms with Crippen LogP contribution in [0.3, 0.4) is 0 Å². The number of nitrogens with one attached hydrogen (secondary N) is 1. The number of hydrogen-bond acceptors (Lipinski definition) is 13. The highest BCUT2D eigenvalue weighted by Gasteiger charge is 2.51. The van der Waals surface area contributed by atoms with E-state index in [-0.39, 0.29) is 18.9 Å². The zero-order chi connectivity index (χ0) is 48.2. The molecule has 0 spiro atoms. The summed E-state index contributed by atoms with van der Waals surface area (Å²) in [4.78, 5) is 13.2. The van der Waals surface area contributed by atoms with Crippen molar-refractivity contribution < 1.29 is 64.6 Å². The summed E-state index contributed by atoms with van der Waals surface area (Å²) in [7, 11) is 0. The Hall–Kier alpha value is -1.53. The molecule has 14 nitrogen and oxygen atoms in total. The van der Waals surface area contributed by atoms with Crippen LogP contribution in [0.25, 0.3) is 0 Å². The van der Waals surface area contributed by atoms with Gasteiger partial charge in [0.15, 0.2) is 12.6 Å². The molecule has 14 heteroatoms. The smallest absolute Gasteiger partial charge is 0.220 e. The predicted molar refractivity (Wildman–Crippen MR) is 258 cm³/mol. The van der Waals surface area contributed by atoms with Gasteiger partial charge < -0.3 is 65.1 Å². The highest BCUT2D eigenvalue weighted by atomic mass is 16.7. The molecule has 0 aromatic rings. The Balaban J connectivity index is 1.85. The minimum absolute atomic E-state index is 0.248. The second-order valence-corrected chi connectivity index (χ2v) is 19.0. The van der Waals surface area contributed by atoms with E-state index in [1.54, 1.807) is 6.08 Å². The average Bonchev–Trinajstić information content (AvgIpc) is 3.31. The standard InChI is InChI=1S/C52H97NO13/c1-3-5-7-9-11-13-15-17-19-20-22-23-25-27-29-31-33-35-41(56)40(53-44(57)36-34-32-30-28-26-24-21-18-16-14-12-10-8-6-4-2)39-63-51-49(62)47(60)50(43(38-55)65-51)66-52-48(61)46(59)45(58)42(37-54)64-52/h25,27,33,35,40-43,45-52,54-56,58-62H,3-24,26,28-32,34,36-39H2,1-2H3,(H,53,57)/b27-25+,35-33+. The minimum atomic E-state index is -1.79. The van der Waals surface area contributed by atoms with Gasteiger partial charge >= 0.3 is 0 Å². The van der Waals surface area contributed by atoms with E-state index in [4.69, 9.17) is 18.9 Å². The number of aliphatic hydroxyl groups is 8. The van der Waals surface area contributed by atoms with Crippen LogP contribution in [0.1, 0.15) is 206 Å². The van der Waals surface area contributed by atoms with Crippen molar-refractivity contribution in [3.05, 3.63) is 24.3 Å². The van der Waals surface area contributed by atoms with Gasteiger partial charge in [-0.1, -0.05) is 192 Å². The van der Waals surface area contributed by atoms with E-state index >= 15 is 0 Å². The van der Waals surface area contributed by atoms with Crippen molar-refractivity contribution in [3.63, 3.8) is 0 Å². The van der Waals surface area contributed by atoms with Gasteiger partial charge in [0.2, 0.25) is 5.91 Å². The molecular weight excluding hydrogens is 847 g/mol. The SMILES string of the molecule is CCCCCCCCCCCCC/C=C/CC/C=C/C(O)C(COC1OC(CO)C(OC2OC(CO)C(O)C(O)C2O)C(O)C1O)NC(=O)CCCCCCCCCCCCCCCCC. The molecule has 12 atom stereocenters. The van der Waals surface area contributed by atoms with Crippen LogP contribution < -0.4 is 5.32 Å². The normalized spacial score (nSPS) is 26.9. The maximum atomic E-state index is 13.2. The fourth-order valence-electron chi connectivity index (χ4n) is 8.78. The lowest BCUT2D eigenvalue weighted by Crippen LogP contribution is -2.65. The van der Waals surface area contributed by atoms with Crippen molar-refractivity contribution in [3.8, 4) is 0 Å². The molecule has 12 unspecified atom stereocenters. The van der Waals surface area contributed by atoms with E-state index in [2.05, 4.69) is 31.3 Å². The summed E-state index contributed by atoms with van der Waals surface area (Å²) in [5, 5.41) is 86.8. The summed E-state index contributed by atoms with van der Waals surface area (Å²) in [6.07, 6.45) is 26.4. The first kappa shape index (κ1) is 60.6. The van der Waals surface area contributed by atoms with Crippen LogP contribution in [0, 0.1) is 0 Å². The highest BCUT2D eigenvalue weighted by Crippen LogP contribution is 2.30. The average molecular weight is 944 g/mol. The molecule has 2 rings (SSSR count). The zero-order valence-corrected chi connectivity index (χ0v) is 41.2. The van der Waals surface area contributed by atoms with Gasteiger partial charge in [0, 0.05) is 6.42 Å². The second kappa shape index (κ2) is 39.2. The van der Waals surface area contributed by atoms with Crippen LogP contribution in [-0.2, 0) is 23.7 Å². The highest BCUT2D eigenvalue weighted by molar-refractivity contribution is 5.76. The molecule has 66 heavy (non-hydrogen) atoms. The number of hydrogen-bond donors (Lipinski definition) is 9. The Bertz CT molecular complexity index is 1210. The summed E-state index contributed by atoms with van der Waals surface area (Å²) >= 11 is 0. The molecule has 0 aromatic heterocycles. The number of unbranched alkanes of at least 4 members (excludes halogenated alkanes) is 26. The quantitative estimate of drug-likeness (QED) is 0.0216. The van der Waals surface area contributed by atoms with Gasteiger partial charge in [0.1, 0.15) is 48.8 Å². The topological polar surface area (TPSA) is 228 Å². The molecule has 0 radical (unpaired) electrons. The predicted octanol–water partition coefficient (Wildman–Crippen LogP) is 7.33. The third-order valence-corrected chi connectivity index (χ3v) is 13.1. The summed E-state index contributed by atoms with van der Waals surface area (Å²) in [6, 6.07) is -0.926. The van der Waals surface area contributed by atoms with Gasteiger partial charge in [0.05, 0.1) is 32.0 Å². The van der Waals surface area contributed by atoms with E-state index in [0.717, 1.165) is 32.1 Å². The van der Waals surface area contributed by atoms with Gasteiger partial charge in [-0.25, -0.2) is 0 Å². The number of carbonyl (C=O) groups is 1. The van der Waals surface area contributed by atoms with Crippen molar-refractivity contribution in [1.29, 1.82) is 0 Å². The van der Waals surface area contributed by atoms with Crippen molar-refractivity contribution in [2.45, 2.75) is 280 Å². The van der Waals surface area contributed by atoms with Crippen molar-refractivity contribution in [2.24, 2.45) is 0 Å². The van der Waals surface area contributed by atoms with Gasteiger partial charge in [-0.2, -0.15) is 0 Å². The number of rotatable bonds is 41. The molecule has 0 aliphatic carbocycles. The van der Waals surface area contributed by atoms with Crippen LogP contribution in [0.4, 0.5) is 0 Å². The lowest BCUT2D eigenvalue weighted by Gasteiger charge is -2.46. The molecule has 2 saturated heterocycles. The van der Waals surface area contributed by atoms with Crippen molar-refractivity contribution in [1.82, 2.24) is 5.32 Å². The minimum Gasteiger partial charge on any atom is -0.394 e. The van der Waals surface area contributed by atoms with Gasteiger partial charge in [-0.05, 0) is 32.1 Å². The molecule has 2 aliphatic heterocycles. The fourth-order valence-corrected chi connectivity index (χ4v) is 8.78. The maximum absolute atomic E-state index is 13.2. The van der Waals surface area contributed by atoms with E-state index in [1.807, 2.05) is 6.08 Å². The first-order chi connectivity index (χ1) is 32.1. The fraction of sp³-hybridized carbons (Fsp3) is 0.904. The Labute approximate surface area is 398 Å². The largest absolute Gasteiger partial charge is 0.394 e. The van der Waals surface area contributed by atoms with E-state index in [9.17, 15) is 45.6 Å². The monoisotopic (exact) mass is 944 g/mol. The molecule has 0 bridgehead atoms. The Morgan fingerprint density at radius 1 is 0.530 bits per heavy atom. The first-order valence-electron chi connectivity index (χ1n) is 26.6. The number of amides is 1. The lowest BCUT2D eigenvalue weighted by atomic mass is 9.97. The molecule has 388 valence electrons. The summed E-state index contributed by atoms with van der Waals surface area (Å²) < 4.78 is 22.7. The molecule has 2 aliphatic rings. The Kier molecular flexibility index (Phi) is 36.0. The van der Waals surface area contributed by atoms with Gasteiger partial charge in [-0.15, -0.1) is 0 Å². The van der Waals surface area contributed by atoms with Crippen LogP contribution in [-0.4, -0.2) is 140 Å². The van der Waals surface area contributed by atoms with Crippen LogP contribution >= 0.6 is 0 Å². The zero-order valence-electron chi connectivity index (χ0n) is 41.2. The number of ether oxygens (including phenoxy) is 4. The number of allylic oxidation sites excluding steroid dienone is 3. The third-order valence-electron chi connectivity index (χ3n) is 13.1. The molecule has 9 N–H and O–H groups in total. The van der Waals surface area contributed by atoms with Crippen LogP contribution in [0.15, 0.2) is 24.3 Å². The van der Waals surface area contributed by atoms with E-state index in [1.165, 1.54) is 141 Å². The molecule has 2 fully saturated rings. The summed E-state index contributed by atoms with van der Waals surface area (Å²) in [5.41, 5.74) is 0. The number of aliphatic hydroxyl groups excluding tert-OH is 8. The van der Waals surface area contributed by atoms with E-state index < -0.39 is 86.8 Å². The number of carbonyl (C=O) groups excluding carboxylic acids is 1. The van der Waals surface area contributed by atoms with Gasteiger partial charge in [0.25, 0.3) is 0 Å². The van der Waals surface area contributed by atoms with Crippen molar-refractivity contribution >= 4 is 5.91 Å². The summed E-state index contributed by atoms with van der Waals surface area (Å²) in [6.45, 7) is 2.78. The van der Waals surface area contributed by atoms with E-state index in [0.29, 0.717) is 12.8 Å². The molecule has 1 amide bonds. The van der Waals surface area contributed by atoms with Crippen molar-refractivity contribution in [2.75, 3.05) is 19.8 Å². The van der Waals surface area contributed by atoms with Gasteiger partial charge in [-0.3, -0.25) is 4.79 Å². The molecular formula is C52H97NO13. The molecule has 0 aromatic carbocycles. The first-order valence-corrected chi connectivity index (χ1v) is 26.6. The Morgan fingerprint density at radius 2 is 0.970 bits per heavy atom. The lowest BCUT2D eigenvalue weighted by molar-refractivity contribution is -0.359. The summed E-state index contributed by atoms with van der Waals surface area (Å²) in [5.74, 6) is -0.248. The second-order valence-electron chi connectivity index (χ2n) is 19.0. The Morgan fingerprint density at radius 3 is 1.48 bits per heavy atom. The molecule has 2 heterocycles. The maximum Gasteiger partial charge on any atom is 0.220 e. The van der Waals surface area contributed by atoms with Crippen LogP contribution in [0.5, 0.6) is 0 Å².